The number of amides is 1. The van der Waals surface area contributed by atoms with Crippen molar-refractivity contribution in [1.29, 1.82) is 0 Å². The number of terminal acetylenes is 1. The Labute approximate surface area is 261 Å². The van der Waals surface area contributed by atoms with Crippen molar-refractivity contribution in [2.45, 2.75) is 65.2 Å². The molecular formula is C34H39F3N4O4. The number of rotatable bonds is 12. The highest BCUT2D eigenvalue weighted by Crippen LogP contribution is 2.34. The van der Waals surface area contributed by atoms with Crippen molar-refractivity contribution in [3.63, 3.8) is 0 Å². The van der Waals surface area contributed by atoms with Crippen molar-refractivity contribution >= 4 is 11.9 Å². The molecule has 0 aliphatic rings. The van der Waals surface area contributed by atoms with Gasteiger partial charge in [0, 0.05) is 30.6 Å². The van der Waals surface area contributed by atoms with E-state index in [4.69, 9.17) is 6.42 Å². The number of pyridine rings is 2. The number of hydrogen-bond acceptors (Lipinski definition) is 5. The molecule has 2 aromatic heterocycles. The fraction of sp³-hybridized carbons (Fsp3) is 0.412. The van der Waals surface area contributed by atoms with E-state index in [2.05, 4.69) is 16.2 Å². The van der Waals surface area contributed by atoms with Crippen LogP contribution in [0.25, 0.3) is 11.1 Å². The molecule has 3 aromatic rings. The van der Waals surface area contributed by atoms with E-state index in [1.165, 1.54) is 6.20 Å². The first-order valence-corrected chi connectivity index (χ1v) is 14.6. The molecule has 11 heteroatoms. The Balaban J connectivity index is 2.12. The number of aryl methyl sites for hydroxylation is 2. The molecule has 0 fully saturated rings. The number of carboxylic acid groups (broad SMARTS) is 1. The topological polar surface area (TPSA) is 105 Å². The lowest BCUT2D eigenvalue weighted by Crippen LogP contribution is -2.40. The summed E-state index contributed by atoms with van der Waals surface area (Å²) in [6.45, 7) is 7.74. The van der Waals surface area contributed by atoms with Crippen LogP contribution in [0.5, 0.6) is 0 Å². The predicted octanol–water partition coefficient (Wildman–Crippen LogP) is 5.55. The number of carbonyl (C=O) groups is 2. The first kappa shape index (κ1) is 35.1. The molecule has 0 aliphatic carbocycles. The van der Waals surface area contributed by atoms with Crippen LogP contribution in [0.15, 0.2) is 47.5 Å². The summed E-state index contributed by atoms with van der Waals surface area (Å²) in [6.07, 6.45) is 3.10. The number of hydrogen-bond donors (Lipinski definition) is 2. The van der Waals surface area contributed by atoms with Gasteiger partial charge >= 0.3 is 12.1 Å². The van der Waals surface area contributed by atoms with Gasteiger partial charge < -0.3 is 19.9 Å². The molecule has 2 atom stereocenters. The number of carbonyl (C=O) groups excluding carboxylic acids is 1. The fourth-order valence-corrected chi connectivity index (χ4v) is 5.35. The number of alkyl halides is 3. The molecule has 0 saturated heterocycles. The summed E-state index contributed by atoms with van der Waals surface area (Å²) in [7, 11) is 3.44. The normalized spacial score (nSPS) is 13.0. The van der Waals surface area contributed by atoms with E-state index in [1.807, 2.05) is 45.9 Å². The van der Waals surface area contributed by atoms with Crippen LogP contribution in [0.3, 0.4) is 0 Å². The minimum atomic E-state index is -4.76. The molecule has 0 unspecified atom stereocenters. The second kappa shape index (κ2) is 14.6. The fourth-order valence-electron chi connectivity index (χ4n) is 5.35. The highest BCUT2D eigenvalue weighted by atomic mass is 19.4. The Morgan fingerprint density at radius 1 is 1.16 bits per heavy atom. The summed E-state index contributed by atoms with van der Waals surface area (Å²) in [5, 5.41) is 12.5. The molecule has 0 saturated carbocycles. The minimum Gasteiger partial charge on any atom is -0.481 e. The Morgan fingerprint density at radius 3 is 2.33 bits per heavy atom. The highest BCUT2D eigenvalue weighted by molar-refractivity contribution is 5.82. The first-order valence-electron chi connectivity index (χ1n) is 14.6. The van der Waals surface area contributed by atoms with Gasteiger partial charge in [0.15, 0.2) is 0 Å². The number of carboxylic acids is 1. The summed E-state index contributed by atoms with van der Waals surface area (Å²) in [4.78, 5) is 45.1. The van der Waals surface area contributed by atoms with Gasteiger partial charge in [-0.25, -0.2) is 4.98 Å². The molecule has 1 amide bonds. The summed E-state index contributed by atoms with van der Waals surface area (Å²) < 4.78 is 42.7. The van der Waals surface area contributed by atoms with Gasteiger partial charge in [-0.3, -0.25) is 14.4 Å². The van der Waals surface area contributed by atoms with Crippen molar-refractivity contribution in [3.05, 3.63) is 86.6 Å². The average molecular weight is 625 g/mol. The largest absolute Gasteiger partial charge is 0.481 e. The van der Waals surface area contributed by atoms with Crippen LogP contribution >= 0.6 is 0 Å². The molecule has 2 N–H and O–H groups in total. The van der Waals surface area contributed by atoms with Crippen LogP contribution < -0.4 is 10.9 Å². The molecule has 0 spiro atoms. The second-order valence-corrected chi connectivity index (χ2v) is 11.9. The molecule has 0 aliphatic heterocycles. The number of benzene rings is 1. The van der Waals surface area contributed by atoms with Crippen molar-refractivity contribution in [2.75, 3.05) is 20.6 Å². The van der Waals surface area contributed by atoms with Crippen LogP contribution in [0, 0.1) is 32.1 Å². The average Bonchev–Trinajstić information content (AvgIpc) is 2.93. The standard InChI is InChI=1S/C34H39F3N4O4/c1-8-27-25(32-21(4)10-9-11-22(32)5)15-24(18-38-27)28(17-31(43)44)39-33(45)29(14-20(2)3)41-19-23(12-13-40(6)7)26(16-30(41)42)34(35,36)37/h1,9-11,15-16,18-20,28-29H,12-14,17H2,2-7H3,(H,39,45)(H,43,44)/t28-,29+/m0/s1. The Kier molecular flexibility index (Phi) is 11.3. The number of aromatic nitrogens is 2. The number of nitrogens with zero attached hydrogens (tertiary/aromatic N) is 3. The molecule has 0 radical (unpaired) electrons. The maximum absolute atomic E-state index is 13.9. The lowest BCUT2D eigenvalue weighted by molar-refractivity contribution is -0.139. The predicted molar refractivity (Wildman–Crippen MR) is 167 cm³/mol. The van der Waals surface area contributed by atoms with Crippen LogP contribution in [-0.4, -0.2) is 52.1 Å². The van der Waals surface area contributed by atoms with Gasteiger partial charge in [-0.05, 0) is 86.5 Å². The molecule has 1 aromatic carbocycles. The Hall–Kier alpha value is -4.43. The van der Waals surface area contributed by atoms with Crippen molar-refractivity contribution < 1.29 is 27.9 Å². The lowest BCUT2D eigenvalue weighted by atomic mass is 9.92. The van der Waals surface area contributed by atoms with Gasteiger partial charge in [0.1, 0.15) is 11.7 Å². The van der Waals surface area contributed by atoms with E-state index in [0.29, 0.717) is 22.9 Å². The van der Waals surface area contributed by atoms with Gasteiger partial charge in [-0.1, -0.05) is 32.0 Å². The molecule has 2 heterocycles. The van der Waals surface area contributed by atoms with E-state index in [0.717, 1.165) is 27.5 Å². The van der Waals surface area contributed by atoms with Gasteiger partial charge in [0.25, 0.3) is 5.56 Å². The van der Waals surface area contributed by atoms with Gasteiger partial charge in [-0.15, -0.1) is 6.42 Å². The van der Waals surface area contributed by atoms with Gasteiger partial charge in [-0.2, -0.15) is 13.2 Å². The Morgan fingerprint density at radius 2 is 1.80 bits per heavy atom. The quantitative estimate of drug-likeness (QED) is 0.256. The number of aliphatic carboxylic acids is 1. The van der Waals surface area contributed by atoms with Gasteiger partial charge in [0.2, 0.25) is 5.91 Å². The van der Waals surface area contributed by atoms with E-state index < -0.39 is 47.7 Å². The Bertz CT molecular complexity index is 1630. The van der Waals surface area contributed by atoms with E-state index >= 15 is 0 Å². The maximum Gasteiger partial charge on any atom is 0.416 e. The molecular weight excluding hydrogens is 585 g/mol. The maximum atomic E-state index is 13.9. The van der Waals surface area contributed by atoms with E-state index in [1.54, 1.807) is 25.1 Å². The molecule has 8 nitrogen and oxygen atoms in total. The minimum absolute atomic E-state index is 0.00588. The summed E-state index contributed by atoms with van der Waals surface area (Å²) in [5.41, 5.74) is 1.85. The highest BCUT2D eigenvalue weighted by Gasteiger charge is 2.36. The third kappa shape index (κ3) is 8.82. The zero-order valence-electron chi connectivity index (χ0n) is 26.3. The van der Waals surface area contributed by atoms with Crippen molar-refractivity contribution in [1.82, 2.24) is 19.8 Å². The van der Waals surface area contributed by atoms with Crippen LogP contribution in [0.1, 0.15) is 72.3 Å². The van der Waals surface area contributed by atoms with Gasteiger partial charge in [0.05, 0.1) is 18.0 Å². The number of nitrogens with one attached hydrogen (secondary N) is 1. The number of likely N-dealkylation sites (N-methyl/N-ethyl adjacent to an activating group) is 1. The van der Waals surface area contributed by atoms with Crippen LogP contribution in [0.4, 0.5) is 13.2 Å². The second-order valence-electron chi connectivity index (χ2n) is 11.9. The summed E-state index contributed by atoms with van der Waals surface area (Å²) >= 11 is 0. The molecule has 45 heavy (non-hydrogen) atoms. The van der Waals surface area contributed by atoms with E-state index in [-0.39, 0.29) is 30.9 Å². The van der Waals surface area contributed by atoms with E-state index in [9.17, 15) is 32.7 Å². The molecule has 0 bridgehead atoms. The van der Waals surface area contributed by atoms with Crippen molar-refractivity contribution in [2.24, 2.45) is 5.92 Å². The third-order valence-electron chi connectivity index (χ3n) is 7.52. The van der Waals surface area contributed by atoms with Crippen LogP contribution in [0.2, 0.25) is 0 Å². The SMILES string of the molecule is C#Cc1ncc([C@H](CC(=O)O)NC(=O)[C@@H](CC(C)C)n2cc(CCN(C)C)c(C(F)(F)F)cc2=O)cc1-c1c(C)cccc1C. The zero-order valence-corrected chi connectivity index (χ0v) is 26.3. The van der Waals surface area contributed by atoms with Crippen molar-refractivity contribution in [3.8, 4) is 23.5 Å². The monoisotopic (exact) mass is 624 g/mol. The summed E-state index contributed by atoms with van der Waals surface area (Å²) in [6, 6.07) is 5.67. The zero-order chi connectivity index (χ0) is 33.6. The number of halogens is 3. The molecule has 240 valence electrons. The molecule has 3 rings (SSSR count). The lowest BCUT2D eigenvalue weighted by Gasteiger charge is -2.26. The van der Waals surface area contributed by atoms with Crippen LogP contribution in [-0.2, 0) is 22.2 Å². The first-order chi connectivity index (χ1) is 21.0. The summed E-state index contributed by atoms with van der Waals surface area (Å²) in [5.74, 6) is 0.527. The third-order valence-corrected chi connectivity index (χ3v) is 7.52. The smallest absolute Gasteiger partial charge is 0.416 e.